The summed E-state index contributed by atoms with van der Waals surface area (Å²) in [5.41, 5.74) is 1.07. The van der Waals surface area contributed by atoms with Gasteiger partial charge in [-0.3, -0.25) is 4.79 Å². The molecule has 0 N–H and O–H groups in total. The zero-order valence-electron chi connectivity index (χ0n) is 12.0. The Balaban J connectivity index is 2.05. The molecule has 4 nitrogen and oxygen atoms in total. The van der Waals surface area contributed by atoms with E-state index in [-0.39, 0.29) is 19.0 Å². The second-order valence-corrected chi connectivity index (χ2v) is 4.41. The van der Waals surface area contributed by atoms with Gasteiger partial charge in [-0.1, -0.05) is 49.0 Å². The zero-order chi connectivity index (χ0) is 15.8. The summed E-state index contributed by atoms with van der Waals surface area (Å²) in [7, 11) is 0. The number of hydrogen-bond donors (Lipinski definition) is 0. The van der Waals surface area contributed by atoms with Crippen molar-refractivity contribution in [2.24, 2.45) is 0 Å². The second kappa shape index (κ2) is 7.78. The Morgan fingerprint density at radius 2 is 1.64 bits per heavy atom. The Bertz CT molecular complexity index is 662. The molecule has 22 heavy (non-hydrogen) atoms. The van der Waals surface area contributed by atoms with Crippen LogP contribution >= 0.6 is 0 Å². The minimum atomic E-state index is -0.503. The first kappa shape index (κ1) is 15.5. The molecule has 0 aromatic heterocycles. The summed E-state index contributed by atoms with van der Waals surface area (Å²) < 4.78 is 10.4. The van der Waals surface area contributed by atoms with Crippen LogP contribution < -0.4 is 4.74 Å². The average molecular weight is 296 g/mol. The lowest BCUT2D eigenvalue weighted by Gasteiger charge is -2.10. The number of hydrogen-bond acceptors (Lipinski definition) is 4. The predicted molar refractivity (Wildman–Crippen MR) is 83.0 cm³/mol. The van der Waals surface area contributed by atoms with Gasteiger partial charge in [-0.15, -0.1) is 0 Å². The standard InChI is InChI=1S/C18H16O4/c1-2-17(19)22-13-12-21-16-11-7-6-10-15(16)18(20)14-8-4-3-5-9-14/h2-11H,1,12-13H2. The zero-order valence-corrected chi connectivity index (χ0v) is 12.0. The maximum absolute atomic E-state index is 12.5. The topological polar surface area (TPSA) is 52.6 Å². The fourth-order valence-electron chi connectivity index (χ4n) is 1.88. The smallest absolute Gasteiger partial charge is 0.330 e. The monoisotopic (exact) mass is 296 g/mol. The second-order valence-electron chi connectivity index (χ2n) is 4.41. The van der Waals surface area contributed by atoms with Gasteiger partial charge in [-0.05, 0) is 12.1 Å². The third kappa shape index (κ3) is 4.06. The number of benzene rings is 2. The highest BCUT2D eigenvalue weighted by atomic mass is 16.6. The Hall–Kier alpha value is -2.88. The largest absolute Gasteiger partial charge is 0.489 e. The van der Waals surface area contributed by atoms with Crippen LogP contribution in [0.5, 0.6) is 5.75 Å². The van der Waals surface area contributed by atoms with Gasteiger partial charge in [-0.25, -0.2) is 4.79 Å². The lowest BCUT2D eigenvalue weighted by molar-refractivity contribution is -0.138. The minimum Gasteiger partial charge on any atom is -0.489 e. The van der Waals surface area contributed by atoms with E-state index in [1.165, 1.54) is 0 Å². The van der Waals surface area contributed by atoms with Gasteiger partial charge in [0.25, 0.3) is 0 Å². The van der Waals surface area contributed by atoms with Gasteiger partial charge in [0.1, 0.15) is 19.0 Å². The molecule has 112 valence electrons. The molecule has 0 unspecified atom stereocenters. The predicted octanol–water partition coefficient (Wildman–Crippen LogP) is 3.03. The van der Waals surface area contributed by atoms with E-state index in [4.69, 9.17) is 9.47 Å². The van der Waals surface area contributed by atoms with Crippen LogP contribution in [0.15, 0.2) is 67.3 Å². The SMILES string of the molecule is C=CC(=O)OCCOc1ccccc1C(=O)c1ccccc1. The molecular weight excluding hydrogens is 280 g/mol. The van der Waals surface area contributed by atoms with Crippen LogP contribution in [0.3, 0.4) is 0 Å². The normalized spacial score (nSPS) is 9.82. The van der Waals surface area contributed by atoms with Gasteiger partial charge in [0.15, 0.2) is 5.78 Å². The molecular formula is C18H16O4. The molecule has 2 rings (SSSR count). The van der Waals surface area contributed by atoms with Gasteiger partial charge >= 0.3 is 5.97 Å². The van der Waals surface area contributed by atoms with E-state index in [2.05, 4.69) is 6.58 Å². The van der Waals surface area contributed by atoms with E-state index in [0.29, 0.717) is 16.9 Å². The Morgan fingerprint density at radius 1 is 0.955 bits per heavy atom. The van der Waals surface area contributed by atoms with Crippen LogP contribution in [0.25, 0.3) is 0 Å². The molecule has 0 fully saturated rings. The fourth-order valence-corrected chi connectivity index (χ4v) is 1.88. The molecule has 0 aliphatic heterocycles. The Labute approximate surface area is 129 Å². The average Bonchev–Trinajstić information content (AvgIpc) is 2.59. The van der Waals surface area contributed by atoms with Crippen LogP contribution in [0.4, 0.5) is 0 Å². The lowest BCUT2D eigenvalue weighted by Crippen LogP contribution is -2.12. The molecule has 0 bridgehead atoms. The van der Waals surface area contributed by atoms with E-state index in [1.54, 1.807) is 36.4 Å². The first-order valence-electron chi connectivity index (χ1n) is 6.83. The van der Waals surface area contributed by atoms with Gasteiger partial charge in [0, 0.05) is 11.6 Å². The summed E-state index contributed by atoms with van der Waals surface area (Å²) in [5, 5.41) is 0. The maximum atomic E-state index is 12.5. The third-order valence-corrected chi connectivity index (χ3v) is 2.92. The van der Waals surface area contributed by atoms with Crippen molar-refractivity contribution in [3.8, 4) is 5.75 Å². The first-order valence-corrected chi connectivity index (χ1v) is 6.83. The van der Waals surface area contributed by atoms with E-state index >= 15 is 0 Å². The highest BCUT2D eigenvalue weighted by molar-refractivity contribution is 6.10. The minimum absolute atomic E-state index is 0.0959. The van der Waals surface area contributed by atoms with Crippen LogP contribution in [-0.2, 0) is 9.53 Å². The van der Waals surface area contributed by atoms with Crippen molar-refractivity contribution < 1.29 is 19.1 Å². The van der Waals surface area contributed by atoms with Gasteiger partial charge in [0.05, 0.1) is 5.56 Å². The third-order valence-electron chi connectivity index (χ3n) is 2.92. The highest BCUT2D eigenvalue weighted by Crippen LogP contribution is 2.21. The summed E-state index contributed by atoms with van der Waals surface area (Å²) in [6.45, 7) is 3.57. The summed E-state index contributed by atoms with van der Waals surface area (Å²) in [6.07, 6.45) is 1.09. The Kier molecular flexibility index (Phi) is 5.49. The molecule has 0 radical (unpaired) electrons. The van der Waals surface area contributed by atoms with Crippen molar-refractivity contribution in [3.05, 3.63) is 78.4 Å². The molecule has 2 aromatic carbocycles. The van der Waals surface area contributed by atoms with Crippen LogP contribution in [0.2, 0.25) is 0 Å². The van der Waals surface area contributed by atoms with Crippen molar-refractivity contribution in [1.82, 2.24) is 0 Å². The summed E-state index contributed by atoms with van der Waals surface area (Å²) in [5.74, 6) is -0.150. The number of carbonyl (C=O) groups excluding carboxylic acids is 2. The highest BCUT2D eigenvalue weighted by Gasteiger charge is 2.13. The van der Waals surface area contributed by atoms with E-state index in [9.17, 15) is 9.59 Å². The van der Waals surface area contributed by atoms with Crippen molar-refractivity contribution in [1.29, 1.82) is 0 Å². The molecule has 2 aromatic rings. The van der Waals surface area contributed by atoms with E-state index < -0.39 is 5.97 Å². The lowest BCUT2D eigenvalue weighted by atomic mass is 10.0. The quantitative estimate of drug-likeness (QED) is 0.341. The summed E-state index contributed by atoms with van der Waals surface area (Å²) >= 11 is 0. The number of ether oxygens (including phenoxy) is 2. The first-order chi connectivity index (χ1) is 10.7. The maximum Gasteiger partial charge on any atom is 0.330 e. The van der Waals surface area contributed by atoms with E-state index in [0.717, 1.165) is 6.08 Å². The molecule has 0 aliphatic rings. The van der Waals surface area contributed by atoms with Crippen molar-refractivity contribution >= 4 is 11.8 Å². The van der Waals surface area contributed by atoms with Gasteiger partial charge in [0.2, 0.25) is 0 Å². The number of esters is 1. The molecule has 0 spiro atoms. The Morgan fingerprint density at radius 3 is 2.36 bits per heavy atom. The number of para-hydroxylation sites is 1. The van der Waals surface area contributed by atoms with Crippen molar-refractivity contribution in [2.75, 3.05) is 13.2 Å². The van der Waals surface area contributed by atoms with Crippen molar-refractivity contribution in [3.63, 3.8) is 0 Å². The van der Waals surface area contributed by atoms with Crippen LogP contribution in [-0.4, -0.2) is 25.0 Å². The van der Waals surface area contributed by atoms with Gasteiger partial charge < -0.3 is 9.47 Å². The molecule has 0 saturated heterocycles. The van der Waals surface area contributed by atoms with Crippen LogP contribution in [0, 0.1) is 0 Å². The molecule has 0 heterocycles. The number of carbonyl (C=O) groups is 2. The molecule has 0 aliphatic carbocycles. The number of rotatable bonds is 7. The number of ketones is 1. The summed E-state index contributed by atoms with van der Waals surface area (Å²) in [4.78, 5) is 23.4. The van der Waals surface area contributed by atoms with Crippen LogP contribution in [0.1, 0.15) is 15.9 Å². The molecule has 4 heteroatoms. The molecule has 0 saturated carbocycles. The van der Waals surface area contributed by atoms with E-state index in [1.807, 2.05) is 18.2 Å². The fraction of sp³-hybridized carbons (Fsp3) is 0.111. The molecule has 0 amide bonds. The summed E-state index contributed by atoms with van der Waals surface area (Å²) in [6, 6.07) is 16.0. The molecule has 0 atom stereocenters. The van der Waals surface area contributed by atoms with Crippen molar-refractivity contribution in [2.45, 2.75) is 0 Å². The van der Waals surface area contributed by atoms with Gasteiger partial charge in [-0.2, -0.15) is 0 Å².